The molecule has 1 saturated heterocycles. The van der Waals surface area contributed by atoms with Gasteiger partial charge in [0.25, 0.3) is 5.91 Å². The van der Waals surface area contributed by atoms with Gasteiger partial charge in [0, 0.05) is 31.7 Å². The van der Waals surface area contributed by atoms with Crippen LogP contribution in [-0.4, -0.2) is 61.8 Å². The van der Waals surface area contributed by atoms with Gasteiger partial charge in [-0.05, 0) is 62.1 Å². The maximum absolute atomic E-state index is 13.8. The Morgan fingerprint density at radius 3 is 2.77 bits per heavy atom. The van der Waals surface area contributed by atoms with E-state index in [2.05, 4.69) is 37.8 Å². The third kappa shape index (κ3) is 6.81. The number of morpholine rings is 1. The molecule has 0 unspecified atom stereocenters. The Bertz CT molecular complexity index is 1120. The molecule has 188 valence electrons. The molecule has 2 heterocycles. The van der Waals surface area contributed by atoms with Crippen LogP contribution >= 0.6 is 11.3 Å². The summed E-state index contributed by atoms with van der Waals surface area (Å²) in [5.74, 6) is 0.718. The molecule has 6 nitrogen and oxygen atoms in total. The maximum atomic E-state index is 13.8. The Kier molecular flexibility index (Phi) is 9.12. The molecule has 4 rings (SSSR count). The summed E-state index contributed by atoms with van der Waals surface area (Å²) in [7, 11) is 0. The summed E-state index contributed by atoms with van der Waals surface area (Å²) in [5.41, 5.74) is 3.97. The van der Waals surface area contributed by atoms with Crippen LogP contribution in [0.3, 0.4) is 0 Å². The van der Waals surface area contributed by atoms with Gasteiger partial charge in [-0.3, -0.25) is 14.6 Å². The van der Waals surface area contributed by atoms with Crippen molar-refractivity contribution >= 4 is 32.6 Å². The largest absolute Gasteiger partial charge is 0.494 e. The Morgan fingerprint density at radius 1 is 1.14 bits per heavy atom. The third-order valence-electron chi connectivity index (χ3n) is 6.35. The molecule has 1 amide bonds. The quantitative estimate of drug-likeness (QED) is 0.312. The second-order valence-electron chi connectivity index (χ2n) is 9.27. The Labute approximate surface area is 212 Å². The van der Waals surface area contributed by atoms with Gasteiger partial charge in [-0.25, -0.2) is 4.98 Å². The smallest absolute Gasteiger partial charge is 0.260 e. The molecule has 0 bridgehead atoms. The van der Waals surface area contributed by atoms with Crippen molar-refractivity contribution in [2.24, 2.45) is 0 Å². The first-order valence-electron chi connectivity index (χ1n) is 12.8. The fourth-order valence-electron chi connectivity index (χ4n) is 4.45. The first-order chi connectivity index (χ1) is 17.0. The highest BCUT2D eigenvalue weighted by Gasteiger charge is 2.23. The van der Waals surface area contributed by atoms with Gasteiger partial charge in [0.1, 0.15) is 5.75 Å². The molecule has 35 heavy (non-hydrogen) atoms. The van der Waals surface area contributed by atoms with E-state index >= 15 is 0 Å². The van der Waals surface area contributed by atoms with Crippen LogP contribution < -0.4 is 9.64 Å². The topological polar surface area (TPSA) is 54.9 Å². The van der Waals surface area contributed by atoms with Gasteiger partial charge < -0.3 is 9.47 Å². The zero-order chi connectivity index (χ0) is 24.6. The average Bonchev–Trinajstić information content (AvgIpc) is 3.29. The molecule has 3 aromatic rings. The van der Waals surface area contributed by atoms with E-state index in [9.17, 15) is 4.79 Å². The van der Waals surface area contributed by atoms with Crippen LogP contribution in [0.4, 0.5) is 5.13 Å². The van der Waals surface area contributed by atoms with Crippen LogP contribution in [0, 0.1) is 13.8 Å². The molecule has 0 atom stereocenters. The second-order valence-corrected chi connectivity index (χ2v) is 10.3. The molecule has 2 aromatic carbocycles. The minimum atomic E-state index is -0.0283. The predicted octanol–water partition coefficient (Wildman–Crippen LogP) is 5.85. The van der Waals surface area contributed by atoms with Crippen molar-refractivity contribution in [2.45, 2.75) is 46.5 Å². The first kappa shape index (κ1) is 25.6. The van der Waals surface area contributed by atoms with E-state index in [1.807, 2.05) is 29.2 Å². The molecule has 0 spiro atoms. The molecular formula is C28H37N3O3S. The van der Waals surface area contributed by atoms with Crippen molar-refractivity contribution in [3.63, 3.8) is 0 Å². The maximum Gasteiger partial charge on any atom is 0.260 e. The number of fused-ring (bicyclic) bond motifs is 1. The van der Waals surface area contributed by atoms with Gasteiger partial charge >= 0.3 is 0 Å². The number of benzene rings is 2. The Morgan fingerprint density at radius 2 is 1.97 bits per heavy atom. The monoisotopic (exact) mass is 495 g/mol. The summed E-state index contributed by atoms with van der Waals surface area (Å²) in [6, 6.07) is 11.9. The fourth-order valence-corrected chi connectivity index (χ4v) is 5.62. The normalized spacial score (nSPS) is 14.4. The zero-order valence-corrected chi connectivity index (χ0v) is 22.0. The summed E-state index contributed by atoms with van der Waals surface area (Å²) in [5, 5.41) is 0.759. The lowest BCUT2D eigenvalue weighted by molar-refractivity contribution is 0.0376. The number of nitrogens with zero attached hydrogens (tertiary/aromatic N) is 3. The minimum Gasteiger partial charge on any atom is -0.494 e. The van der Waals surface area contributed by atoms with Gasteiger partial charge in [0.15, 0.2) is 5.13 Å². The summed E-state index contributed by atoms with van der Waals surface area (Å²) < 4.78 is 12.5. The molecular weight excluding hydrogens is 458 g/mol. The summed E-state index contributed by atoms with van der Waals surface area (Å²) in [6.07, 6.45) is 4.20. The van der Waals surface area contributed by atoms with E-state index < -0.39 is 0 Å². The van der Waals surface area contributed by atoms with Crippen LogP contribution in [0.5, 0.6) is 5.75 Å². The molecule has 1 aromatic heterocycles. The number of amides is 1. The van der Waals surface area contributed by atoms with Crippen molar-refractivity contribution in [1.82, 2.24) is 9.88 Å². The van der Waals surface area contributed by atoms with E-state index in [-0.39, 0.29) is 5.91 Å². The van der Waals surface area contributed by atoms with Crippen LogP contribution in [0.25, 0.3) is 10.2 Å². The highest BCUT2D eigenvalue weighted by atomic mass is 32.1. The van der Waals surface area contributed by atoms with Crippen molar-refractivity contribution in [3.8, 4) is 5.75 Å². The molecule has 0 aliphatic carbocycles. The van der Waals surface area contributed by atoms with Crippen LogP contribution in [0.15, 0.2) is 36.4 Å². The van der Waals surface area contributed by atoms with Crippen LogP contribution in [0.1, 0.15) is 54.1 Å². The van der Waals surface area contributed by atoms with Gasteiger partial charge in [0.05, 0.1) is 30.0 Å². The molecule has 0 N–H and O–H groups in total. The van der Waals surface area contributed by atoms with E-state index in [0.717, 1.165) is 85.2 Å². The van der Waals surface area contributed by atoms with Crippen molar-refractivity contribution in [1.29, 1.82) is 0 Å². The number of unbranched alkanes of at least 4 members (excludes halogenated alkanes) is 2. The van der Waals surface area contributed by atoms with E-state index in [0.29, 0.717) is 18.7 Å². The minimum absolute atomic E-state index is 0.0283. The number of carbonyl (C=O) groups is 1. The van der Waals surface area contributed by atoms with Gasteiger partial charge in [-0.2, -0.15) is 0 Å². The number of aromatic nitrogens is 1. The van der Waals surface area contributed by atoms with Gasteiger partial charge in [0.2, 0.25) is 0 Å². The zero-order valence-electron chi connectivity index (χ0n) is 21.2. The molecule has 1 aliphatic rings. The van der Waals surface area contributed by atoms with Crippen molar-refractivity contribution in [2.75, 3.05) is 50.9 Å². The Hall–Kier alpha value is -2.48. The van der Waals surface area contributed by atoms with Crippen molar-refractivity contribution < 1.29 is 14.3 Å². The highest BCUT2D eigenvalue weighted by molar-refractivity contribution is 7.22. The van der Waals surface area contributed by atoms with Crippen LogP contribution in [0.2, 0.25) is 0 Å². The SMILES string of the molecule is CCCCCOc1cccc(C(=O)N(CCCN2CCOCC2)c2nc3c(C)cc(C)cc3s2)c1. The molecule has 0 saturated carbocycles. The van der Waals surface area contributed by atoms with Crippen molar-refractivity contribution in [3.05, 3.63) is 53.1 Å². The number of aryl methyl sites for hydroxylation is 2. The molecule has 0 radical (unpaired) electrons. The number of ether oxygens (including phenoxy) is 2. The molecule has 1 aliphatic heterocycles. The first-order valence-corrected chi connectivity index (χ1v) is 13.6. The van der Waals surface area contributed by atoms with Gasteiger partial charge in [-0.1, -0.05) is 43.2 Å². The highest BCUT2D eigenvalue weighted by Crippen LogP contribution is 2.33. The number of thiazole rings is 1. The predicted molar refractivity (Wildman–Crippen MR) is 144 cm³/mol. The number of rotatable bonds is 11. The summed E-state index contributed by atoms with van der Waals surface area (Å²) in [6.45, 7) is 12.1. The fraction of sp³-hybridized carbons (Fsp3) is 0.500. The summed E-state index contributed by atoms with van der Waals surface area (Å²) >= 11 is 1.60. The lowest BCUT2D eigenvalue weighted by Crippen LogP contribution is -2.39. The second kappa shape index (κ2) is 12.5. The number of carbonyl (C=O) groups excluding carboxylic acids is 1. The summed E-state index contributed by atoms with van der Waals surface area (Å²) in [4.78, 5) is 23.0. The van der Waals surface area contributed by atoms with Gasteiger partial charge in [-0.15, -0.1) is 0 Å². The number of hydrogen-bond acceptors (Lipinski definition) is 6. The van der Waals surface area contributed by atoms with Crippen LogP contribution in [-0.2, 0) is 4.74 Å². The lowest BCUT2D eigenvalue weighted by Gasteiger charge is -2.27. The average molecular weight is 496 g/mol. The number of anilines is 1. The van der Waals surface area contributed by atoms with E-state index in [1.165, 1.54) is 5.56 Å². The standard InChI is InChI=1S/C28H37N3O3S/c1-4-5-6-15-34-24-10-7-9-23(20-24)27(32)31(12-8-11-30-13-16-33-17-14-30)28-29-26-22(3)18-21(2)19-25(26)35-28/h7,9-10,18-20H,4-6,8,11-17H2,1-3H3. The van der Waals surface area contributed by atoms with E-state index in [1.54, 1.807) is 11.3 Å². The lowest BCUT2D eigenvalue weighted by atomic mass is 10.1. The molecule has 1 fully saturated rings. The third-order valence-corrected chi connectivity index (χ3v) is 7.38. The van der Waals surface area contributed by atoms with E-state index in [4.69, 9.17) is 14.5 Å². The molecule has 7 heteroatoms. The Balaban J connectivity index is 1.55. The number of hydrogen-bond donors (Lipinski definition) is 0.